The Morgan fingerprint density at radius 3 is 2.12 bits per heavy atom. The van der Waals surface area contributed by atoms with Gasteiger partial charge in [0.05, 0.1) is 0 Å². The molecule has 0 aromatic heterocycles. The zero-order valence-electron chi connectivity index (χ0n) is 4.83. The van der Waals surface area contributed by atoms with Gasteiger partial charge in [0.15, 0.2) is 0 Å². The van der Waals surface area contributed by atoms with E-state index in [9.17, 15) is 0 Å². The molecule has 0 N–H and O–H groups in total. The summed E-state index contributed by atoms with van der Waals surface area (Å²) >= 11 is 0.432. The Labute approximate surface area is 56.6 Å². The second-order valence-corrected chi connectivity index (χ2v) is 3.58. The summed E-state index contributed by atoms with van der Waals surface area (Å²) in [7, 11) is 0. The molecule has 1 rings (SSSR count). The van der Waals surface area contributed by atoms with Crippen molar-refractivity contribution in [1.82, 2.24) is 0 Å². The molecule has 0 heterocycles. The molecule has 0 aliphatic rings. The van der Waals surface area contributed by atoms with Crippen LogP contribution in [0.2, 0.25) is 5.71 Å². The first kappa shape index (κ1) is 5.91. The van der Waals surface area contributed by atoms with Gasteiger partial charge in [-0.1, -0.05) is 0 Å². The van der Waals surface area contributed by atoms with Gasteiger partial charge in [0.25, 0.3) is 0 Å². The minimum absolute atomic E-state index is 0.432. The third-order valence-corrected chi connectivity index (χ3v) is 2.72. The number of benzene rings is 1. The van der Waals surface area contributed by atoms with Crippen LogP contribution in [0.1, 0.15) is 0 Å². The van der Waals surface area contributed by atoms with E-state index in [1.165, 1.54) is 4.35 Å². The van der Waals surface area contributed by atoms with Gasteiger partial charge in [-0.3, -0.25) is 0 Å². The summed E-state index contributed by atoms with van der Waals surface area (Å²) in [5.74, 6) is 0. The molecule has 0 saturated carbocycles. The molecule has 0 bridgehead atoms. The molecule has 1 heteroatoms. The summed E-state index contributed by atoms with van der Waals surface area (Å²) in [6.07, 6.45) is 0. The third kappa shape index (κ3) is 1.38. The summed E-state index contributed by atoms with van der Waals surface area (Å²) < 4.78 is 1.50. The molecule has 0 aliphatic heterocycles. The van der Waals surface area contributed by atoms with Crippen molar-refractivity contribution in [3.63, 3.8) is 0 Å². The van der Waals surface area contributed by atoms with Crippen LogP contribution < -0.4 is 4.35 Å². The van der Waals surface area contributed by atoms with E-state index in [0.717, 1.165) is 0 Å². The fourth-order valence-corrected chi connectivity index (χ4v) is 1.56. The molecule has 0 amide bonds. The van der Waals surface area contributed by atoms with Gasteiger partial charge in [0.2, 0.25) is 0 Å². The molecule has 8 heavy (non-hydrogen) atoms. The second-order valence-electron chi connectivity index (χ2n) is 1.56. The minimum atomic E-state index is 0.432. The Kier molecular flexibility index (Phi) is 2.17. The molecule has 0 unspecified atom stereocenters. The fraction of sp³-hybridized carbons (Fsp3) is 0.143. The first-order valence-electron chi connectivity index (χ1n) is 2.58. The molecule has 0 saturated heterocycles. The van der Waals surface area contributed by atoms with Gasteiger partial charge < -0.3 is 0 Å². The zero-order valence-corrected chi connectivity index (χ0v) is 6.71. The van der Waals surface area contributed by atoms with E-state index >= 15 is 0 Å². The van der Waals surface area contributed by atoms with E-state index < -0.39 is 0 Å². The van der Waals surface area contributed by atoms with Crippen molar-refractivity contribution in [2.24, 2.45) is 0 Å². The van der Waals surface area contributed by atoms with Crippen LogP contribution in [-0.2, 0) is 0 Å². The molecule has 0 fully saturated rings. The predicted octanol–water partition coefficient (Wildman–Crippen LogP) is 1.06. The predicted molar refractivity (Wildman–Crippen MR) is 37.7 cm³/mol. The monoisotopic (exact) mass is 167 g/mol. The molecule has 1 aromatic rings. The molecule has 0 aliphatic carbocycles. The Balaban J connectivity index is 2.83. The van der Waals surface area contributed by atoms with Crippen molar-refractivity contribution in [1.29, 1.82) is 0 Å². The molecule has 0 spiro atoms. The van der Waals surface area contributed by atoms with E-state index in [1.54, 1.807) is 0 Å². The van der Waals surface area contributed by atoms with Gasteiger partial charge in [-0.05, 0) is 0 Å². The standard InChI is InChI=1S/C7H8As/c1-8-7-5-3-2-4-6-7/h2-6H,1H3. The van der Waals surface area contributed by atoms with Crippen molar-refractivity contribution in [3.05, 3.63) is 30.3 Å². The number of hydrogen-bond acceptors (Lipinski definition) is 0. The van der Waals surface area contributed by atoms with Crippen LogP contribution in [0.4, 0.5) is 0 Å². The van der Waals surface area contributed by atoms with Crippen LogP contribution >= 0.6 is 0 Å². The normalized spacial score (nSPS) is 10.6. The summed E-state index contributed by atoms with van der Waals surface area (Å²) in [6.45, 7) is 0. The van der Waals surface area contributed by atoms with E-state index in [4.69, 9.17) is 0 Å². The Hall–Kier alpha value is -0.222. The number of rotatable bonds is 1. The summed E-state index contributed by atoms with van der Waals surface area (Å²) in [5.41, 5.74) is 2.26. The van der Waals surface area contributed by atoms with Crippen LogP contribution in [0.3, 0.4) is 0 Å². The van der Waals surface area contributed by atoms with Gasteiger partial charge >= 0.3 is 56.1 Å². The van der Waals surface area contributed by atoms with Crippen molar-refractivity contribution >= 4 is 20.1 Å². The van der Waals surface area contributed by atoms with Crippen molar-refractivity contribution in [2.75, 3.05) is 0 Å². The zero-order chi connectivity index (χ0) is 5.82. The van der Waals surface area contributed by atoms with E-state index in [1.807, 2.05) is 0 Å². The maximum atomic E-state index is 2.26. The molecule has 1 radical (unpaired) electrons. The topological polar surface area (TPSA) is 0 Å². The van der Waals surface area contributed by atoms with Crippen LogP contribution in [0.5, 0.6) is 0 Å². The first-order chi connectivity index (χ1) is 3.93. The second kappa shape index (κ2) is 2.94. The Morgan fingerprint density at radius 1 is 1.12 bits per heavy atom. The molecule has 0 atom stereocenters. The average Bonchev–Trinajstić information content (AvgIpc) is 1.90. The van der Waals surface area contributed by atoms with Crippen LogP contribution in [-0.4, -0.2) is 15.8 Å². The quantitative estimate of drug-likeness (QED) is 0.548. The van der Waals surface area contributed by atoms with Gasteiger partial charge in [0.1, 0.15) is 0 Å². The average molecular weight is 167 g/mol. The molecule has 41 valence electrons. The molecule has 0 nitrogen and oxygen atoms in total. The summed E-state index contributed by atoms with van der Waals surface area (Å²) in [6, 6.07) is 10.6. The van der Waals surface area contributed by atoms with Crippen molar-refractivity contribution < 1.29 is 0 Å². The van der Waals surface area contributed by atoms with Gasteiger partial charge in [-0.15, -0.1) is 0 Å². The SMILES string of the molecule is C[As]c1ccccc1. The van der Waals surface area contributed by atoms with Crippen LogP contribution in [0, 0.1) is 0 Å². The van der Waals surface area contributed by atoms with Crippen LogP contribution in [0.15, 0.2) is 30.3 Å². The fourth-order valence-electron chi connectivity index (χ4n) is 0.577. The van der Waals surface area contributed by atoms with Crippen molar-refractivity contribution in [2.45, 2.75) is 5.71 Å². The summed E-state index contributed by atoms with van der Waals surface area (Å²) in [5, 5.41) is 0. The van der Waals surface area contributed by atoms with Crippen LogP contribution in [0.25, 0.3) is 0 Å². The maximum absolute atomic E-state index is 2.26. The van der Waals surface area contributed by atoms with Gasteiger partial charge in [-0.25, -0.2) is 0 Å². The van der Waals surface area contributed by atoms with E-state index in [0.29, 0.717) is 15.8 Å². The van der Waals surface area contributed by atoms with E-state index in [2.05, 4.69) is 36.0 Å². The number of hydrogen-bond donors (Lipinski definition) is 0. The Morgan fingerprint density at radius 2 is 1.75 bits per heavy atom. The first-order valence-corrected chi connectivity index (χ1v) is 5.40. The molecular formula is C7H8As. The van der Waals surface area contributed by atoms with E-state index in [-0.39, 0.29) is 0 Å². The Bertz CT molecular complexity index is 146. The molecule has 1 aromatic carbocycles. The molecular weight excluding hydrogens is 159 g/mol. The van der Waals surface area contributed by atoms with Gasteiger partial charge in [-0.2, -0.15) is 0 Å². The van der Waals surface area contributed by atoms with Crippen molar-refractivity contribution in [3.8, 4) is 0 Å². The van der Waals surface area contributed by atoms with Gasteiger partial charge in [0, 0.05) is 0 Å². The third-order valence-electron chi connectivity index (χ3n) is 1.01. The summed E-state index contributed by atoms with van der Waals surface area (Å²) in [4.78, 5) is 0.